The number of hydrogen-bond donors (Lipinski definition) is 2. The van der Waals surface area contributed by atoms with Gasteiger partial charge < -0.3 is 10.4 Å². The molecule has 2 aromatic carbocycles. The van der Waals surface area contributed by atoms with Crippen LogP contribution < -0.4 is 5.32 Å². The topological polar surface area (TPSA) is 49.3 Å². The molecular formula is C20H25NO2. The van der Waals surface area contributed by atoms with Crippen LogP contribution in [0.15, 0.2) is 60.7 Å². The summed E-state index contributed by atoms with van der Waals surface area (Å²) in [6.07, 6.45) is 0.182. The van der Waals surface area contributed by atoms with Gasteiger partial charge in [-0.15, -0.1) is 0 Å². The Morgan fingerprint density at radius 2 is 1.43 bits per heavy atom. The minimum absolute atomic E-state index is 0.0293. The summed E-state index contributed by atoms with van der Waals surface area (Å²) in [6, 6.07) is 19.6. The first-order valence-electron chi connectivity index (χ1n) is 8.15. The number of benzene rings is 2. The molecule has 0 spiro atoms. The van der Waals surface area contributed by atoms with E-state index in [0.717, 1.165) is 11.1 Å². The second-order valence-corrected chi connectivity index (χ2v) is 6.15. The van der Waals surface area contributed by atoms with Gasteiger partial charge in [0.15, 0.2) is 0 Å². The zero-order valence-electron chi connectivity index (χ0n) is 13.8. The SMILES string of the molecule is CC(C)C(O)CCNC(=O)C(c1ccccc1)c1ccccc1. The van der Waals surface area contributed by atoms with Crippen molar-refractivity contribution in [3.63, 3.8) is 0 Å². The first-order chi connectivity index (χ1) is 11.1. The van der Waals surface area contributed by atoms with Gasteiger partial charge in [-0.1, -0.05) is 74.5 Å². The van der Waals surface area contributed by atoms with Gasteiger partial charge in [-0.2, -0.15) is 0 Å². The van der Waals surface area contributed by atoms with Gasteiger partial charge in [-0.3, -0.25) is 4.79 Å². The van der Waals surface area contributed by atoms with E-state index in [-0.39, 0.29) is 23.8 Å². The van der Waals surface area contributed by atoms with Crippen molar-refractivity contribution in [1.82, 2.24) is 5.32 Å². The summed E-state index contributed by atoms with van der Waals surface area (Å²) in [5, 5.41) is 12.8. The summed E-state index contributed by atoms with van der Waals surface area (Å²) in [4.78, 5) is 12.7. The lowest BCUT2D eigenvalue weighted by molar-refractivity contribution is -0.121. The number of carbonyl (C=O) groups is 1. The Labute approximate surface area is 138 Å². The number of nitrogens with one attached hydrogen (secondary N) is 1. The van der Waals surface area contributed by atoms with Crippen LogP contribution in [0.25, 0.3) is 0 Å². The van der Waals surface area contributed by atoms with Crippen LogP contribution in [0.2, 0.25) is 0 Å². The monoisotopic (exact) mass is 311 g/mol. The van der Waals surface area contributed by atoms with E-state index < -0.39 is 0 Å². The summed E-state index contributed by atoms with van der Waals surface area (Å²) >= 11 is 0. The Hall–Kier alpha value is -2.13. The first-order valence-corrected chi connectivity index (χ1v) is 8.15. The molecule has 1 atom stereocenters. The largest absolute Gasteiger partial charge is 0.393 e. The lowest BCUT2D eigenvalue weighted by Crippen LogP contribution is -2.33. The van der Waals surface area contributed by atoms with Crippen molar-refractivity contribution in [2.75, 3.05) is 6.54 Å². The van der Waals surface area contributed by atoms with Crippen molar-refractivity contribution in [3.05, 3.63) is 71.8 Å². The molecule has 3 heteroatoms. The minimum atomic E-state index is -0.387. The van der Waals surface area contributed by atoms with E-state index in [2.05, 4.69) is 5.32 Å². The Kier molecular flexibility index (Phi) is 6.36. The first kappa shape index (κ1) is 17.2. The van der Waals surface area contributed by atoms with Crippen molar-refractivity contribution in [1.29, 1.82) is 0 Å². The molecule has 0 aliphatic heterocycles. The van der Waals surface area contributed by atoms with Gasteiger partial charge in [0.2, 0.25) is 5.91 Å². The fourth-order valence-electron chi connectivity index (χ4n) is 2.56. The Bertz CT molecular complexity index is 556. The van der Waals surface area contributed by atoms with Gasteiger partial charge in [-0.25, -0.2) is 0 Å². The molecule has 3 nitrogen and oxygen atoms in total. The average molecular weight is 311 g/mol. The number of carbonyl (C=O) groups excluding carboxylic acids is 1. The molecule has 0 saturated heterocycles. The van der Waals surface area contributed by atoms with Gasteiger partial charge >= 0.3 is 0 Å². The maximum Gasteiger partial charge on any atom is 0.232 e. The molecule has 2 N–H and O–H groups in total. The second kappa shape index (κ2) is 8.49. The molecular weight excluding hydrogens is 286 g/mol. The van der Waals surface area contributed by atoms with E-state index >= 15 is 0 Å². The summed E-state index contributed by atoms with van der Waals surface area (Å²) in [5.41, 5.74) is 1.95. The molecule has 0 aliphatic carbocycles. The van der Waals surface area contributed by atoms with Gasteiger partial charge in [0, 0.05) is 6.54 Å². The Morgan fingerprint density at radius 3 is 1.87 bits per heavy atom. The maximum atomic E-state index is 12.7. The van der Waals surface area contributed by atoms with Crippen LogP contribution in [0.3, 0.4) is 0 Å². The number of amides is 1. The predicted molar refractivity (Wildman–Crippen MR) is 93.2 cm³/mol. The highest BCUT2D eigenvalue weighted by atomic mass is 16.3. The molecule has 0 radical (unpaired) electrons. The smallest absolute Gasteiger partial charge is 0.232 e. The Balaban J connectivity index is 2.10. The third-order valence-corrected chi connectivity index (χ3v) is 4.04. The highest BCUT2D eigenvalue weighted by Crippen LogP contribution is 2.24. The van der Waals surface area contributed by atoms with Crippen LogP contribution in [0.5, 0.6) is 0 Å². The van der Waals surface area contributed by atoms with Gasteiger partial charge in [0.1, 0.15) is 0 Å². The van der Waals surface area contributed by atoms with E-state index in [1.807, 2.05) is 74.5 Å². The molecule has 0 heterocycles. The summed E-state index contributed by atoms with van der Waals surface area (Å²) in [7, 11) is 0. The van der Waals surface area contributed by atoms with Crippen LogP contribution in [-0.2, 0) is 4.79 Å². The maximum absolute atomic E-state index is 12.7. The van der Waals surface area contributed by atoms with Crippen molar-refractivity contribution < 1.29 is 9.90 Å². The van der Waals surface area contributed by atoms with Crippen LogP contribution in [-0.4, -0.2) is 23.7 Å². The predicted octanol–water partition coefficient (Wildman–Crippen LogP) is 3.34. The zero-order valence-corrected chi connectivity index (χ0v) is 13.8. The van der Waals surface area contributed by atoms with Crippen molar-refractivity contribution in [2.45, 2.75) is 32.3 Å². The van der Waals surface area contributed by atoms with Crippen LogP contribution in [0, 0.1) is 5.92 Å². The average Bonchev–Trinajstić information content (AvgIpc) is 2.57. The summed E-state index contributed by atoms with van der Waals surface area (Å²) in [5.74, 6) is -0.155. The highest BCUT2D eigenvalue weighted by Gasteiger charge is 2.22. The van der Waals surface area contributed by atoms with Crippen molar-refractivity contribution in [3.8, 4) is 0 Å². The molecule has 0 fully saturated rings. The van der Waals surface area contributed by atoms with E-state index in [1.54, 1.807) is 0 Å². The number of aliphatic hydroxyl groups excluding tert-OH is 1. The number of rotatable bonds is 7. The van der Waals surface area contributed by atoms with Gasteiger partial charge in [0.25, 0.3) is 0 Å². The van der Waals surface area contributed by atoms with Gasteiger partial charge in [0.05, 0.1) is 12.0 Å². The second-order valence-electron chi connectivity index (χ2n) is 6.15. The molecule has 122 valence electrons. The third-order valence-electron chi connectivity index (χ3n) is 4.04. The normalized spacial score (nSPS) is 12.4. The molecule has 2 aromatic rings. The lowest BCUT2D eigenvalue weighted by Gasteiger charge is -2.19. The van der Waals surface area contributed by atoms with Crippen molar-refractivity contribution >= 4 is 5.91 Å². The molecule has 0 aliphatic rings. The standard InChI is InChI=1S/C20H25NO2/c1-15(2)18(22)13-14-21-20(23)19(16-9-5-3-6-10-16)17-11-7-4-8-12-17/h3-12,15,18-19,22H,13-14H2,1-2H3,(H,21,23). The number of hydrogen-bond acceptors (Lipinski definition) is 2. The molecule has 23 heavy (non-hydrogen) atoms. The summed E-state index contributed by atoms with van der Waals surface area (Å²) < 4.78 is 0. The molecule has 2 rings (SSSR count). The Morgan fingerprint density at radius 1 is 0.957 bits per heavy atom. The van der Waals surface area contributed by atoms with E-state index in [0.29, 0.717) is 13.0 Å². The fraction of sp³-hybridized carbons (Fsp3) is 0.350. The lowest BCUT2D eigenvalue weighted by atomic mass is 9.90. The van der Waals surface area contributed by atoms with Crippen LogP contribution >= 0.6 is 0 Å². The zero-order chi connectivity index (χ0) is 16.7. The number of aliphatic hydroxyl groups is 1. The molecule has 0 bridgehead atoms. The third kappa shape index (κ3) is 4.93. The molecule has 1 unspecified atom stereocenters. The van der Waals surface area contributed by atoms with Crippen molar-refractivity contribution in [2.24, 2.45) is 5.92 Å². The highest BCUT2D eigenvalue weighted by molar-refractivity contribution is 5.87. The molecule has 0 aromatic heterocycles. The summed E-state index contributed by atoms with van der Waals surface area (Å²) in [6.45, 7) is 4.43. The van der Waals surface area contributed by atoms with Crippen LogP contribution in [0.4, 0.5) is 0 Å². The quantitative estimate of drug-likeness (QED) is 0.824. The van der Waals surface area contributed by atoms with E-state index in [1.165, 1.54) is 0 Å². The fourth-order valence-corrected chi connectivity index (χ4v) is 2.56. The molecule has 0 saturated carbocycles. The minimum Gasteiger partial charge on any atom is -0.393 e. The van der Waals surface area contributed by atoms with Gasteiger partial charge in [-0.05, 0) is 23.5 Å². The van der Waals surface area contributed by atoms with E-state index in [4.69, 9.17) is 0 Å². The van der Waals surface area contributed by atoms with Crippen LogP contribution in [0.1, 0.15) is 37.3 Å². The molecule has 1 amide bonds. The van der Waals surface area contributed by atoms with E-state index in [9.17, 15) is 9.90 Å².